The molecule has 0 aromatic carbocycles. The average molecular weight is 258 g/mol. The average Bonchev–Trinajstić information content (AvgIpc) is 2.27. The molecule has 0 radical (unpaired) electrons. The number of aromatic nitrogens is 1. The molecule has 0 bridgehead atoms. The Kier molecular flexibility index (Phi) is 3.72. The fourth-order valence-electron chi connectivity index (χ4n) is 1.16. The summed E-state index contributed by atoms with van der Waals surface area (Å²) in [7, 11) is -2.01. The molecule has 0 amide bonds. The molecule has 0 saturated carbocycles. The summed E-state index contributed by atoms with van der Waals surface area (Å²) < 4.78 is 24.8. The van der Waals surface area contributed by atoms with Gasteiger partial charge in [-0.1, -0.05) is 0 Å². The van der Waals surface area contributed by atoms with E-state index in [9.17, 15) is 13.2 Å². The third kappa shape index (κ3) is 2.73. The lowest BCUT2D eigenvalue weighted by Crippen LogP contribution is -2.33. The molecule has 0 aliphatic heterocycles. The summed E-state index contributed by atoms with van der Waals surface area (Å²) in [5, 5.41) is 8.12. The van der Waals surface area contributed by atoms with Crippen molar-refractivity contribution in [2.45, 2.75) is 19.1 Å². The maximum Gasteiger partial charge on any atom is 0.354 e. The lowest BCUT2D eigenvalue weighted by atomic mass is 10.3. The van der Waals surface area contributed by atoms with E-state index in [1.54, 1.807) is 13.8 Å². The molecular formula is C10H14N2O4S. The topological polar surface area (TPSA) is 87.6 Å². The largest absolute Gasteiger partial charge is 0.477 e. The van der Waals surface area contributed by atoms with Crippen LogP contribution in [0.3, 0.4) is 0 Å². The van der Waals surface area contributed by atoms with Gasteiger partial charge in [-0.2, -0.15) is 0 Å². The minimum absolute atomic E-state index is 0.121. The Morgan fingerprint density at radius 1 is 1.41 bits per heavy atom. The molecule has 0 aliphatic rings. The lowest BCUT2D eigenvalue weighted by Gasteiger charge is -2.21. The second-order valence-electron chi connectivity index (χ2n) is 3.77. The van der Waals surface area contributed by atoms with E-state index in [-0.39, 0.29) is 5.69 Å². The van der Waals surface area contributed by atoms with E-state index < -0.39 is 21.2 Å². The van der Waals surface area contributed by atoms with Crippen LogP contribution in [-0.2, 0) is 10.0 Å². The normalized spacial score (nSPS) is 11.5. The number of carboxylic acid groups (broad SMARTS) is 1. The molecule has 1 heterocycles. The standard InChI is InChI=1S/C10H14N2O4S/c1-7(2)17(15,16)12(3)8-4-5-9(10(13)14)11-6-8/h4-7H,1-3H3,(H,13,14). The van der Waals surface area contributed by atoms with Crippen LogP contribution in [0.2, 0.25) is 0 Å². The van der Waals surface area contributed by atoms with Crippen LogP contribution < -0.4 is 4.31 Å². The van der Waals surface area contributed by atoms with Crippen molar-refractivity contribution < 1.29 is 18.3 Å². The smallest absolute Gasteiger partial charge is 0.354 e. The maximum absolute atomic E-state index is 11.8. The molecule has 7 heteroatoms. The first-order valence-corrected chi connectivity index (χ1v) is 6.44. The van der Waals surface area contributed by atoms with Gasteiger partial charge in [0, 0.05) is 7.05 Å². The van der Waals surface area contributed by atoms with Crippen LogP contribution in [0.5, 0.6) is 0 Å². The highest BCUT2D eigenvalue weighted by atomic mass is 32.2. The first kappa shape index (κ1) is 13.4. The molecule has 94 valence electrons. The minimum Gasteiger partial charge on any atom is -0.477 e. The van der Waals surface area contributed by atoms with E-state index in [2.05, 4.69) is 4.98 Å². The molecule has 1 rings (SSSR count). The predicted octanol–water partition coefficient (Wildman–Crippen LogP) is 0.954. The molecule has 1 aromatic rings. The molecule has 0 fully saturated rings. The number of pyridine rings is 1. The summed E-state index contributed by atoms with van der Waals surface area (Å²) in [5.41, 5.74) is 0.216. The van der Waals surface area contributed by atoms with E-state index in [1.807, 2.05) is 0 Å². The zero-order valence-corrected chi connectivity index (χ0v) is 10.6. The third-order valence-corrected chi connectivity index (χ3v) is 4.47. The molecule has 0 saturated heterocycles. The fraction of sp³-hybridized carbons (Fsp3) is 0.400. The highest BCUT2D eigenvalue weighted by Gasteiger charge is 2.22. The highest BCUT2D eigenvalue weighted by Crippen LogP contribution is 2.17. The third-order valence-electron chi connectivity index (χ3n) is 2.31. The van der Waals surface area contributed by atoms with E-state index in [0.717, 1.165) is 4.31 Å². The number of carbonyl (C=O) groups is 1. The molecule has 0 atom stereocenters. The number of sulfonamides is 1. The van der Waals surface area contributed by atoms with Gasteiger partial charge in [-0.3, -0.25) is 4.31 Å². The Hall–Kier alpha value is -1.63. The number of nitrogens with zero attached hydrogens (tertiary/aromatic N) is 2. The molecular weight excluding hydrogens is 244 g/mol. The zero-order chi connectivity index (χ0) is 13.2. The highest BCUT2D eigenvalue weighted by molar-refractivity contribution is 7.93. The van der Waals surface area contributed by atoms with E-state index >= 15 is 0 Å². The first-order valence-electron chi connectivity index (χ1n) is 4.94. The summed E-state index contributed by atoms with van der Waals surface area (Å²) in [6.45, 7) is 3.15. The number of hydrogen-bond acceptors (Lipinski definition) is 4. The second-order valence-corrected chi connectivity index (χ2v) is 6.29. The molecule has 1 aromatic heterocycles. The van der Waals surface area contributed by atoms with E-state index in [0.29, 0.717) is 5.69 Å². The summed E-state index contributed by atoms with van der Waals surface area (Å²) in [4.78, 5) is 14.3. The van der Waals surface area contributed by atoms with Gasteiger partial charge in [0.25, 0.3) is 0 Å². The Labute approximate surface area is 100.0 Å². The molecule has 17 heavy (non-hydrogen) atoms. The van der Waals surface area contributed by atoms with Gasteiger partial charge in [0.05, 0.1) is 17.1 Å². The summed E-state index contributed by atoms with van der Waals surface area (Å²) >= 11 is 0. The Morgan fingerprint density at radius 2 is 2.00 bits per heavy atom. The van der Waals surface area contributed by atoms with Crippen molar-refractivity contribution in [2.24, 2.45) is 0 Å². The number of anilines is 1. The SMILES string of the molecule is CC(C)S(=O)(=O)N(C)c1ccc(C(=O)O)nc1. The van der Waals surface area contributed by atoms with Gasteiger partial charge in [-0.15, -0.1) is 0 Å². The first-order chi connectivity index (χ1) is 7.76. The van der Waals surface area contributed by atoms with Crippen LogP contribution in [0.25, 0.3) is 0 Å². The van der Waals surface area contributed by atoms with Crippen LogP contribution >= 0.6 is 0 Å². The van der Waals surface area contributed by atoms with Crippen molar-refractivity contribution >= 4 is 21.7 Å². The molecule has 0 spiro atoms. The predicted molar refractivity (Wildman–Crippen MR) is 63.7 cm³/mol. The summed E-state index contributed by atoms with van der Waals surface area (Å²) in [5.74, 6) is -1.15. The van der Waals surface area contributed by atoms with Gasteiger partial charge in [0.15, 0.2) is 0 Å². The molecule has 6 nitrogen and oxygen atoms in total. The van der Waals surface area contributed by atoms with Gasteiger partial charge in [-0.25, -0.2) is 18.2 Å². The van der Waals surface area contributed by atoms with Crippen molar-refractivity contribution in [2.75, 3.05) is 11.4 Å². The zero-order valence-electron chi connectivity index (χ0n) is 9.78. The van der Waals surface area contributed by atoms with Crippen molar-refractivity contribution in [3.63, 3.8) is 0 Å². The molecule has 1 N–H and O–H groups in total. The van der Waals surface area contributed by atoms with Crippen LogP contribution in [0, 0.1) is 0 Å². The van der Waals surface area contributed by atoms with Crippen molar-refractivity contribution in [3.05, 3.63) is 24.0 Å². The van der Waals surface area contributed by atoms with Gasteiger partial charge in [-0.05, 0) is 26.0 Å². The second kappa shape index (κ2) is 4.70. The van der Waals surface area contributed by atoms with Crippen LogP contribution in [0.15, 0.2) is 18.3 Å². The molecule has 0 aliphatic carbocycles. The van der Waals surface area contributed by atoms with E-state index in [1.165, 1.54) is 25.4 Å². The van der Waals surface area contributed by atoms with Crippen LogP contribution in [0.4, 0.5) is 5.69 Å². The van der Waals surface area contributed by atoms with Gasteiger partial charge in [0.2, 0.25) is 10.0 Å². The maximum atomic E-state index is 11.8. The lowest BCUT2D eigenvalue weighted by molar-refractivity contribution is 0.0690. The number of aromatic carboxylic acids is 1. The summed E-state index contributed by atoms with van der Waals surface area (Å²) in [6, 6.07) is 2.68. The van der Waals surface area contributed by atoms with Crippen LogP contribution in [-0.4, -0.2) is 36.8 Å². The number of carboxylic acids is 1. The van der Waals surface area contributed by atoms with Crippen LogP contribution in [0.1, 0.15) is 24.3 Å². The van der Waals surface area contributed by atoms with Gasteiger partial charge in [0.1, 0.15) is 5.69 Å². The Bertz CT molecular complexity index is 508. The minimum atomic E-state index is -3.42. The monoisotopic (exact) mass is 258 g/mol. The Balaban J connectivity index is 3.06. The van der Waals surface area contributed by atoms with Gasteiger partial charge < -0.3 is 5.11 Å². The molecule has 0 unspecified atom stereocenters. The summed E-state index contributed by atoms with van der Waals surface area (Å²) in [6.07, 6.45) is 1.23. The fourth-order valence-corrected chi connectivity index (χ4v) is 2.20. The number of hydrogen-bond donors (Lipinski definition) is 1. The van der Waals surface area contributed by atoms with Crippen molar-refractivity contribution in [1.82, 2.24) is 4.98 Å². The van der Waals surface area contributed by atoms with Crippen molar-refractivity contribution in [1.29, 1.82) is 0 Å². The number of rotatable bonds is 4. The van der Waals surface area contributed by atoms with Crippen molar-refractivity contribution in [3.8, 4) is 0 Å². The Morgan fingerprint density at radius 3 is 2.35 bits per heavy atom. The van der Waals surface area contributed by atoms with Gasteiger partial charge >= 0.3 is 5.97 Å². The quantitative estimate of drug-likeness (QED) is 0.868. The van der Waals surface area contributed by atoms with E-state index in [4.69, 9.17) is 5.11 Å².